The average Bonchev–Trinajstić information content (AvgIpc) is 3.29. The highest BCUT2D eigenvalue weighted by Gasteiger charge is 2.51. The lowest BCUT2D eigenvalue weighted by Crippen LogP contribution is -2.49. The summed E-state index contributed by atoms with van der Waals surface area (Å²) in [6.07, 6.45) is 0. The minimum Gasteiger partial charge on any atom is -0.427 e. The van der Waals surface area contributed by atoms with Gasteiger partial charge in [0.1, 0.15) is 0 Å². The first kappa shape index (κ1) is 21.4. The maximum absolute atomic E-state index is 10.5. The molecule has 1 spiro atoms. The summed E-state index contributed by atoms with van der Waals surface area (Å²) in [5.41, 5.74) is 9.80. The zero-order valence-corrected chi connectivity index (χ0v) is 20.2. The molecule has 0 bridgehead atoms. The van der Waals surface area contributed by atoms with Crippen LogP contribution in [0.15, 0.2) is 91.0 Å². The summed E-state index contributed by atoms with van der Waals surface area (Å²) in [4.78, 5) is 0. The number of fused-ring (bicyclic) bond motifs is 10. The van der Waals surface area contributed by atoms with E-state index in [0.29, 0.717) is 7.48 Å². The first-order chi connectivity index (χ1) is 16.2. The largest absolute Gasteiger partial charge is 0.427 e. The summed E-state index contributed by atoms with van der Waals surface area (Å²) in [7, 11) is 0.451. The molecule has 0 saturated carbocycles. The lowest BCUT2D eigenvalue weighted by atomic mass is 9.70. The van der Waals surface area contributed by atoms with Crippen LogP contribution in [0.1, 0.15) is 49.9 Å². The maximum atomic E-state index is 10.5. The van der Waals surface area contributed by atoms with Gasteiger partial charge in [0, 0.05) is 0 Å². The van der Waals surface area contributed by atoms with E-state index in [9.17, 15) is 5.11 Å². The van der Waals surface area contributed by atoms with Crippen molar-refractivity contribution in [3.63, 3.8) is 0 Å². The monoisotopic (exact) mass is 444 g/mol. The van der Waals surface area contributed by atoms with Crippen LogP contribution in [0.25, 0.3) is 22.3 Å². The predicted octanol–water partition coefficient (Wildman–Crippen LogP) is 5.57. The highest BCUT2D eigenvalue weighted by Crippen LogP contribution is 2.62. The Kier molecular flexibility index (Phi) is 4.52. The number of benzene rings is 4. The fraction of sp³-hybridized carbons (Fsp3) is 0.226. The number of aliphatic hydroxyl groups is 1. The Bertz CT molecular complexity index is 1380. The molecule has 0 radical (unpaired) electrons. The fourth-order valence-electron chi connectivity index (χ4n) is 5.68. The highest BCUT2D eigenvalue weighted by atomic mass is 16.5. The maximum Gasteiger partial charge on any atom is 0.309 e. The van der Waals surface area contributed by atoms with E-state index in [4.69, 9.17) is 4.65 Å². The molecule has 0 fully saturated rings. The molecule has 0 saturated heterocycles. The van der Waals surface area contributed by atoms with Gasteiger partial charge in [0.25, 0.3) is 0 Å². The number of hydrogen-bond donors (Lipinski definition) is 1. The van der Waals surface area contributed by atoms with Gasteiger partial charge in [-0.1, -0.05) is 96.5 Å². The van der Waals surface area contributed by atoms with Gasteiger partial charge in [0.15, 0.2) is 0 Å². The Morgan fingerprint density at radius 2 is 1.06 bits per heavy atom. The van der Waals surface area contributed by atoms with Gasteiger partial charge in [-0.15, -0.1) is 0 Å². The average molecular weight is 444 g/mol. The molecule has 0 aromatic heterocycles. The molecule has 1 N–H and O–H groups in total. The van der Waals surface area contributed by atoms with Crippen LogP contribution >= 0.6 is 0 Å². The second kappa shape index (κ2) is 7.18. The van der Waals surface area contributed by atoms with Gasteiger partial charge in [0.2, 0.25) is 0 Å². The normalized spacial score (nSPS) is 15.0. The zero-order valence-electron chi connectivity index (χ0n) is 20.2. The zero-order chi connectivity index (χ0) is 23.7. The lowest BCUT2D eigenvalue weighted by Gasteiger charge is -2.37. The van der Waals surface area contributed by atoms with Gasteiger partial charge in [0.05, 0.1) is 16.6 Å². The number of rotatable bonds is 4. The Morgan fingerprint density at radius 3 is 1.56 bits per heavy atom. The van der Waals surface area contributed by atoms with Gasteiger partial charge < -0.3 is 9.76 Å². The van der Waals surface area contributed by atoms with Crippen molar-refractivity contribution in [1.29, 1.82) is 0 Å². The molecule has 4 aromatic rings. The fourth-order valence-corrected chi connectivity index (χ4v) is 5.68. The summed E-state index contributed by atoms with van der Waals surface area (Å²) >= 11 is 0. The quantitative estimate of drug-likeness (QED) is 0.360. The van der Waals surface area contributed by atoms with Gasteiger partial charge in [-0.25, -0.2) is 0 Å². The molecule has 0 atom stereocenters. The Hall–Kier alpha value is -3.14. The second-order valence-electron chi connectivity index (χ2n) is 10.6. The van der Waals surface area contributed by atoms with Crippen molar-refractivity contribution in [3.8, 4) is 22.3 Å². The van der Waals surface area contributed by atoms with E-state index < -0.39 is 11.2 Å². The molecule has 3 heteroatoms. The van der Waals surface area contributed by atoms with Crippen molar-refractivity contribution in [2.75, 3.05) is 0 Å². The van der Waals surface area contributed by atoms with Crippen LogP contribution in [0.4, 0.5) is 0 Å². The lowest BCUT2D eigenvalue weighted by molar-refractivity contribution is -0.0893. The molecule has 2 nitrogen and oxygen atoms in total. The third kappa shape index (κ3) is 2.78. The second-order valence-corrected chi connectivity index (χ2v) is 10.6. The molecule has 0 unspecified atom stereocenters. The van der Waals surface area contributed by atoms with E-state index in [2.05, 4.69) is 91.0 Å². The molecule has 34 heavy (non-hydrogen) atoms. The van der Waals surface area contributed by atoms with E-state index in [0.717, 1.165) is 5.46 Å². The molecule has 2 aliphatic rings. The van der Waals surface area contributed by atoms with Crippen molar-refractivity contribution in [2.24, 2.45) is 0 Å². The molecule has 6 rings (SSSR count). The van der Waals surface area contributed by atoms with Crippen LogP contribution in [0.3, 0.4) is 0 Å². The van der Waals surface area contributed by atoms with E-state index in [1.807, 2.05) is 13.8 Å². The van der Waals surface area contributed by atoms with E-state index in [1.54, 1.807) is 13.8 Å². The summed E-state index contributed by atoms with van der Waals surface area (Å²) in [6, 6.07) is 33.3. The smallest absolute Gasteiger partial charge is 0.309 e. The third-order valence-electron chi connectivity index (χ3n) is 8.13. The molecular weight excluding hydrogens is 415 g/mol. The van der Waals surface area contributed by atoms with Crippen molar-refractivity contribution in [3.05, 3.63) is 113 Å². The topological polar surface area (TPSA) is 29.5 Å². The van der Waals surface area contributed by atoms with Crippen molar-refractivity contribution in [2.45, 2.75) is 44.3 Å². The SMILES string of the molecule is CC(C)(O)C(C)(C)OBc1ccc2c(c1)-c1ccccc1C21c2ccccc2-c2ccccc21. The van der Waals surface area contributed by atoms with Crippen LogP contribution < -0.4 is 5.46 Å². The molecule has 4 aromatic carbocycles. The summed E-state index contributed by atoms with van der Waals surface area (Å²) < 4.78 is 6.21. The van der Waals surface area contributed by atoms with E-state index >= 15 is 0 Å². The summed E-state index contributed by atoms with van der Waals surface area (Å²) in [5.74, 6) is 0. The summed E-state index contributed by atoms with van der Waals surface area (Å²) in [6.45, 7) is 7.48. The van der Waals surface area contributed by atoms with Crippen LogP contribution in [0.5, 0.6) is 0 Å². The highest BCUT2D eigenvalue weighted by molar-refractivity contribution is 6.47. The number of hydrogen-bond acceptors (Lipinski definition) is 2. The molecule has 2 aliphatic carbocycles. The van der Waals surface area contributed by atoms with Crippen molar-refractivity contribution < 1.29 is 9.76 Å². The minimum absolute atomic E-state index is 0.301. The molecule has 0 amide bonds. The Morgan fingerprint density at radius 1 is 0.618 bits per heavy atom. The first-order valence-corrected chi connectivity index (χ1v) is 12.0. The van der Waals surface area contributed by atoms with Crippen LogP contribution in [0.2, 0.25) is 0 Å². The van der Waals surface area contributed by atoms with Crippen LogP contribution in [-0.2, 0) is 10.1 Å². The predicted molar refractivity (Wildman–Crippen MR) is 141 cm³/mol. The Labute approximate surface area is 202 Å². The van der Waals surface area contributed by atoms with Crippen molar-refractivity contribution >= 4 is 12.9 Å². The van der Waals surface area contributed by atoms with E-state index in [1.165, 1.54) is 44.5 Å². The molecule has 0 heterocycles. The van der Waals surface area contributed by atoms with Gasteiger partial charge in [-0.05, 0) is 72.2 Å². The Balaban J connectivity index is 1.55. The van der Waals surface area contributed by atoms with Gasteiger partial charge in [-0.3, -0.25) is 0 Å². The molecular formula is C31H29BO2. The van der Waals surface area contributed by atoms with Crippen molar-refractivity contribution in [1.82, 2.24) is 0 Å². The first-order valence-electron chi connectivity index (χ1n) is 12.0. The third-order valence-corrected chi connectivity index (χ3v) is 8.13. The standard InChI is InChI=1S/C31H29BO2/c1-29(2,33)30(3,4)34-32-20-17-18-28-24(19-20)23-13-7-10-16-27(23)31(28)25-14-8-5-11-21(25)22-12-6-9-15-26(22)31/h5-19,32-33H,1-4H3. The minimum atomic E-state index is -0.933. The van der Waals surface area contributed by atoms with E-state index in [-0.39, 0.29) is 5.41 Å². The molecule has 168 valence electrons. The molecule has 0 aliphatic heterocycles. The van der Waals surface area contributed by atoms with Gasteiger partial charge >= 0.3 is 7.48 Å². The van der Waals surface area contributed by atoms with Crippen LogP contribution in [0, 0.1) is 0 Å². The van der Waals surface area contributed by atoms with Gasteiger partial charge in [-0.2, -0.15) is 0 Å². The summed E-state index contributed by atoms with van der Waals surface area (Å²) in [5, 5.41) is 10.5. The van der Waals surface area contributed by atoms with Crippen LogP contribution in [-0.4, -0.2) is 23.8 Å².